The van der Waals surface area contributed by atoms with Crippen molar-refractivity contribution in [2.24, 2.45) is 62.8 Å². The van der Waals surface area contributed by atoms with Gasteiger partial charge in [0.05, 0.1) is 29.8 Å². The van der Waals surface area contributed by atoms with Crippen molar-refractivity contribution in [3.8, 4) is 0 Å². The van der Waals surface area contributed by atoms with Crippen molar-refractivity contribution in [3.63, 3.8) is 0 Å². The van der Waals surface area contributed by atoms with Crippen LogP contribution in [0, 0.1) is 57.7 Å². The molecule has 4 saturated carbocycles. The zero-order valence-corrected chi connectivity index (χ0v) is 34.5. The van der Waals surface area contributed by atoms with Crippen LogP contribution in [0.15, 0.2) is 16.9 Å². The molecular formula is C41H58N4O13. The zero-order valence-electron chi connectivity index (χ0n) is 34.5. The predicted octanol–water partition coefficient (Wildman–Crippen LogP) is 3.02. The van der Waals surface area contributed by atoms with Crippen LogP contribution in [0.5, 0.6) is 0 Å². The molecule has 7 aliphatic rings. The number of nitrogens with zero attached hydrogens (tertiary/aromatic N) is 3. The van der Waals surface area contributed by atoms with Gasteiger partial charge in [-0.3, -0.25) is 19.2 Å². The van der Waals surface area contributed by atoms with Gasteiger partial charge in [-0.25, -0.2) is 4.79 Å². The summed E-state index contributed by atoms with van der Waals surface area (Å²) in [6.07, 6.45) is -2.11. The standard InChI is InChI=1S/C41H58N4O13/c1-17-15-23-40(7,41(8,53)37(52)58-23)29-26(17)39(6)27(32(29)51)25-28(34(54-18(2)46)36(39)56-20(4)48)38(5)21(16-22-33(57-22)35(38)55-19(3)47)30(31(25)50)44-24(49)13-11-9-10-12-14-43-45-42/h15,17,21-22,25-36,50-51,53H,9-14,16H2,1-8H3,(H,44,49)/t17-,21-,22+,25+,26+,27-,28-,29+,30+,31-,32-,33+,34+,35+,36+,38+,39-,40+,41-/m1/s1. The van der Waals surface area contributed by atoms with Crippen molar-refractivity contribution in [1.82, 2.24) is 5.32 Å². The average Bonchev–Trinajstić information content (AvgIpc) is 3.82. The maximum Gasteiger partial charge on any atom is 0.343 e. The first-order valence-electron chi connectivity index (χ1n) is 20.7. The van der Waals surface area contributed by atoms with Crippen LogP contribution in [0.3, 0.4) is 0 Å². The first kappa shape index (κ1) is 42.4. The largest absolute Gasteiger partial charge is 0.459 e. The summed E-state index contributed by atoms with van der Waals surface area (Å²) < 4.78 is 30.6. The number of esters is 4. The van der Waals surface area contributed by atoms with E-state index in [-0.39, 0.29) is 24.2 Å². The summed E-state index contributed by atoms with van der Waals surface area (Å²) in [4.78, 5) is 69.4. The number of carbonyl (C=O) groups is 5. The highest BCUT2D eigenvalue weighted by atomic mass is 16.6. The quantitative estimate of drug-likeness (QED) is 0.0446. The number of azide groups is 1. The number of carbonyl (C=O) groups excluding carboxylic acids is 5. The molecule has 320 valence electrons. The molecule has 0 bridgehead atoms. The van der Waals surface area contributed by atoms with Crippen molar-refractivity contribution in [2.45, 2.75) is 148 Å². The Labute approximate surface area is 337 Å². The van der Waals surface area contributed by atoms with Gasteiger partial charge in [0.2, 0.25) is 5.91 Å². The van der Waals surface area contributed by atoms with Crippen LogP contribution in [-0.2, 0) is 47.7 Å². The smallest absolute Gasteiger partial charge is 0.343 e. The number of epoxide rings is 1. The Bertz CT molecular complexity index is 1820. The predicted molar refractivity (Wildman–Crippen MR) is 200 cm³/mol. The van der Waals surface area contributed by atoms with Crippen molar-refractivity contribution in [1.29, 1.82) is 0 Å². The molecule has 4 N–H and O–H groups in total. The number of ether oxygens (including phenoxy) is 5. The molecule has 17 nitrogen and oxygen atoms in total. The fourth-order valence-corrected chi connectivity index (χ4v) is 13.5. The molecule has 19 atom stereocenters. The number of aliphatic hydroxyl groups excluding tert-OH is 2. The summed E-state index contributed by atoms with van der Waals surface area (Å²) in [7, 11) is 0. The van der Waals surface area contributed by atoms with Crippen LogP contribution in [-0.4, -0.2) is 106 Å². The topological polar surface area (TPSA) is 256 Å². The van der Waals surface area contributed by atoms with Gasteiger partial charge >= 0.3 is 23.9 Å². The molecule has 6 fully saturated rings. The fraction of sp³-hybridized carbons (Fsp3) is 0.829. The summed E-state index contributed by atoms with van der Waals surface area (Å²) in [6, 6.07) is -0.949. The van der Waals surface area contributed by atoms with Gasteiger partial charge in [0, 0.05) is 67.2 Å². The number of fused-ring (bicyclic) bond motifs is 10. The van der Waals surface area contributed by atoms with Crippen LogP contribution >= 0.6 is 0 Å². The Balaban J connectivity index is 1.39. The third-order valence-corrected chi connectivity index (χ3v) is 15.8. The van der Waals surface area contributed by atoms with Gasteiger partial charge in [-0.2, -0.15) is 0 Å². The molecule has 1 amide bonds. The van der Waals surface area contributed by atoms with Gasteiger partial charge in [-0.05, 0) is 68.4 Å². The van der Waals surface area contributed by atoms with E-state index >= 15 is 0 Å². The van der Waals surface area contributed by atoms with Gasteiger partial charge in [-0.1, -0.05) is 38.7 Å². The normalized spacial score (nSPS) is 47.8. The second-order valence-corrected chi connectivity index (χ2v) is 18.8. The Morgan fingerprint density at radius 2 is 1.53 bits per heavy atom. The molecule has 5 aliphatic carbocycles. The number of aliphatic hydroxyl groups is 3. The number of amides is 1. The van der Waals surface area contributed by atoms with E-state index in [1.165, 1.54) is 27.7 Å². The van der Waals surface area contributed by atoms with E-state index in [1.54, 1.807) is 13.0 Å². The van der Waals surface area contributed by atoms with E-state index in [2.05, 4.69) is 15.3 Å². The van der Waals surface area contributed by atoms with E-state index in [0.717, 1.165) is 6.42 Å². The molecule has 7 rings (SSSR count). The first-order valence-corrected chi connectivity index (χ1v) is 20.7. The minimum atomic E-state index is -2.08. The molecule has 17 heteroatoms. The van der Waals surface area contributed by atoms with Gasteiger partial charge in [-0.15, -0.1) is 0 Å². The van der Waals surface area contributed by atoms with Crippen LogP contribution in [0.4, 0.5) is 0 Å². The summed E-state index contributed by atoms with van der Waals surface area (Å²) in [5.41, 5.74) is 2.51. The van der Waals surface area contributed by atoms with Crippen molar-refractivity contribution < 1.29 is 63.0 Å². The zero-order chi connectivity index (χ0) is 42.4. The highest BCUT2D eigenvalue weighted by molar-refractivity contribution is 5.85. The Kier molecular flexibility index (Phi) is 10.8. The van der Waals surface area contributed by atoms with Crippen molar-refractivity contribution in [2.75, 3.05) is 6.54 Å². The van der Waals surface area contributed by atoms with Crippen LogP contribution in [0.25, 0.3) is 10.4 Å². The molecule has 2 saturated heterocycles. The van der Waals surface area contributed by atoms with Gasteiger partial charge in [0.1, 0.15) is 30.2 Å². The molecule has 0 unspecified atom stereocenters. The fourth-order valence-electron chi connectivity index (χ4n) is 13.5. The molecule has 0 aromatic rings. The lowest BCUT2D eigenvalue weighted by molar-refractivity contribution is -0.285. The maximum absolute atomic E-state index is 13.9. The molecule has 0 radical (unpaired) electrons. The lowest BCUT2D eigenvalue weighted by Crippen LogP contribution is -2.77. The minimum absolute atomic E-state index is 0.143. The van der Waals surface area contributed by atoms with E-state index < -0.39 is 130 Å². The number of rotatable bonds is 11. The number of allylic oxidation sites excluding steroid dienone is 1. The Morgan fingerprint density at radius 3 is 2.17 bits per heavy atom. The second kappa shape index (κ2) is 14.8. The lowest BCUT2D eigenvalue weighted by Gasteiger charge is -2.67. The molecule has 0 spiro atoms. The monoisotopic (exact) mass is 814 g/mol. The number of hydrogen-bond donors (Lipinski definition) is 4. The lowest BCUT2D eigenvalue weighted by atomic mass is 9.40. The van der Waals surface area contributed by atoms with Gasteiger partial charge < -0.3 is 44.3 Å². The molecule has 58 heavy (non-hydrogen) atoms. The molecular weight excluding hydrogens is 756 g/mol. The van der Waals surface area contributed by atoms with E-state index in [1.807, 2.05) is 20.8 Å². The minimum Gasteiger partial charge on any atom is -0.459 e. The maximum atomic E-state index is 13.9. The number of unbranched alkanes of at least 4 members (excludes halogenated alkanes) is 3. The summed E-state index contributed by atoms with van der Waals surface area (Å²) in [6.45, 7) is 12.8. The summed E-state index contributed by atoms with van der Waals surface area (Å²) in [5, 5.41) is 44.7. The molecule has 0 aromatic carbocycles. The third kappa shape index (κ3) is 6.08. The van der Waals surface area contributed by atoms with E-state index in [4.69, 9.17) is 29.2 Å². The Morgan fingerprint density at radius 1 is 0.897 bits per heavy atom. The molecule has 2 aliphatic heterocycles. The van der Waals surface area contributed by atoms with E-state index in [0.29, 0.717) is 32.2 Å². The first-order chi connectivity index (χ1) is 27.2. The summed E-state index contributed by atoms with van der Waals surface area (Å²) >= 11 is 0. The van der Waals surface area contributed by atoms with E-state index in [9.17, 15) is 39.3 Å². The van der Waals surface area contributed by atoms with Crippen LogP contribution in [0.2, 0.25) is 0 Å². The Hall–Kier alpha value is -3.76. The number of hydrogen-bond acceptors (Lipinski definition) is 14. The second-order valence-electron chi connectivity index (χ2n) is 18.8. The SMILES string of the molecule is CC(=O)O[C@H]1[C@H]2[C@@H]([C@@H](O)[C@@H](NC(=O)CCCCCCN=[N+]=[N-])[C@H]3C[C@@H]4O[C@@H]4[C@H](OC(C)=O)[C@]23C)[C@@H]2[C@@H](O)[C@@H]3[C@H]([C@H](C)C=C4OC(=O)[C@@](C)(O)[C@@]43C)[C@@]2(C)[C@H]1OC(C)=O. The molecule has 2 heterocycles. The molecule has 0 aromatic heterocycles. The van der Waals surface area contributed by atoms with Gasteiger partial charge in [0.25, 0.3) is 0 Å². The van der Waals surface area contributed by atoms with Crippen LogP contribution in [0.1, 0.15) is 93.9 Å². The highest BCUT2D eigenvalue weighted by Crippen LogP contribution is 2.75. The average molecular weight is 815 g/mol. The summed E-state index contributed by atoms with van der Waals surface area (Å²) in [5.74, 6) is -8.41. The van der Waals surface area contributed by atoms with Gasteiger partial charge in [0.15, 0.2) is 5.60 Å². The van der Waals surface area contributed by atoms with Crippen molar-refractivity contribution in [3.05, 3.63) is 22.3 Å². The third-order valence-electron chi connectivity index (χ3n) is 15.8. The highest BCUT2D eigenvalue weighted by Gasteiger charge is 2.83. The van der Waals surface area contributed by atoms with Crippen LogP contribution < -0.4 is 5.32 Å². The number of nitrogens with one attached hydrogen (secondary N) is 1. The van der Waals surface area contributed by atoms with Crippen molar-refractivity contribution >= 4 is 29.8 Å².